The number of halogens is 3. The lowest BCUT2D eigenvalue weighted by Gasteiger charge is -2.34. The smallest absolute Gasteiger partial charge is 0.475 e. The van der Waals surface area contributed by atoms with Gasteiger partial charge in [0.2, 0.25) is 0 Å². The van der Waals surface area contributed by atoms with Gasteiger partial charge in [0, 0.05) is 24.8 Å². The molecule has 3 aromatic rings. The predicted octanol–water partition coefficient (Wildman–Crippen LogP) is 4.13. The number of benzene rings is 2. The van der Waals surface area contributed by atoms with Crippen LogP contribution in [-0.4, -0.2) is 46.4 Å². The Morgan fingerprint density at radius 3 is 2.42 bits per heavy atom. The van der Waals surface area contributed by atoms with Crippen LogP contribution in [0.25, 0.3) is 11.0 Å². The Morgan fingerprint density at radius 2 is 1.88 bits per heavy atom. The van der Waals surface area contributed by atoms with E-state index < -0.39 is 12.1 Å². The number of rotatable bonds is 4. The van der Waals surface area contributed by atoms with Gasteiger partial charge < -0.3 is 20.3 Å². The number of carboxylic acids is 1. The van der Waals surface area contributed by atoms with Crippen molar-refractivity contribution in [2.75, 3.05) is 18.0 Å². The Labute approximate surface area is 188 Å². The molecule has 1 aliphatic heterocycles. The Morgan fingerprint density at radius 1 is 1.24 bits per heavy atom. The number of piperidine rings is 1. The Bertz CT molecular complexity index is 1130. The molecule has 0 bridgehead atoms. The average molecular weight is 459 g/mol. The Kier molecular flexibility index (Phi) is 7.55. The monoisotopic (exact) mass is 459 g/mol. The van der Waals surface area contributed by atoms with Gasteiger partial charge in [0.25, 0.3) is 0 Å². The highest BCUT2D eigenvalue weighted by Gasteiger charge is 2.38. The van der Waals surface area contributed by atoms with Crippen LogP contribution >= 0.6 is 0 Å². The highest BCUT2D eigenvalue weighted by molar-refractivity contribution is 5.78. The average Bonchev–Trinajstić information content (AvgIpc) is 3.22. The van der Waals surface area contributed by atoms with Crippen molar-refractivity contribution in [2.24, 2.45) is 0 Å². The number of carboxylic acid groups (broad SMARTS) is 1. The number of para-hydroxylation sites is 1. The molecule has 0 unspecified atom stereocenters. The van der Waals surface area contributed by atoms with Crippen LogP contribution in [0.5, 0.6) is 0 Å². The maximum absolute atomic E-state index is 10.6. The van der Waals surface area contributed by atoms with Gasteiger partial charge in [0.05, 0.1) is 29.2 Å². The highest BCUT2D eigenvalue weighted by atomic mass is 19.4. The van der Waals surface area contributed by atoms with E-state index in [-0.39, 0.29) is 0 Å². The molecule has 0 aliphatic carbocycles. The minimum absolute atomic E-state index is 0.513. The fraction of sp³-hybridized carbons (Fsp3) is 0.348. The van der Waals surface area contributed by atoms with Gasteiger partial charge in [-0.05, 0) is 55.7 Å². The molecule has 0 amide bonds. The molecular formula is C23H24F3N5O2. The molecule has 7 nitrogen and oxygen atoms in total. The number of hydrogen-bond donors (Lipinski definition) is 3. The molecule has 0 spiro atoms. The van der Waals surface area contributed by atoms with Crippen LogP contribution in [0.4, 0.5) is 18.9 Å². The molecule has 1 fully saturated rings. The number of aliphatic carboxylic acids is 1. The number of nitrogens with one attached hydrogen (secondary N) is 2. The lowest BCUT2D eigenvalue weighted by molar-refractivity contribution is -0.192. The fourth-order valence-corrected chi connectivity index (χ4v) is 3.64. The summed E-state index contributed by atoms with van der Waals surface area (Å²) in [5, 5.41) is 19.7. The first-order valence-electron chi connectivity index (χ1n) is 10.4. The fourth-order valence-electron chi connectivity index (χ4n) is 3.64. The van der Waals surface area contributed by atoms with Crippen LogP contribution in [0.3, 0.4) is 0 Å². The number of carbonyl (C=O) groups is 1. The summed E-state index contributed by atoms with van der Waals surface area (Å²) in [4.78, 5) is 19.4. The molecule has 10 heteroatoms. The Hall–Kier alpha value is -3.58. The van der Waals surface area contributed by atoms with Gasteiger partial charge in [0.1, 0.15) is 5.82 Å². The van der Waals surface area contributed by atoms with Crippen LogP contribution in [-0.2, 0) is 11.3 Å². The maximum Gasteiger partial charge on any atom is 0.490 e. The number of aryl methyl sites for hydroxylation is 1. The molecule has 33 heavy (non-hydrogen) atoms. The summed E-state index contributed by atoms with van der Waals surface area (Å²) in [6.45, 7) is 4.93. The van der Waals surface area contributed by atoms with Crippen molar-refractivity contribution in [1.29, 1.82) is 5.26 Å². The van der Waals surface area contributed by atoms with E-state index in [4.69, 9.17) is 20.1 Å². The van der Waals surface area contributed by atoms with Gasteiger partial charge in [0.15, 0.2) is 0 Å². The number of H-pyrrole nitrogens is 1. The summed E-state index contributed by atoms with van der Waals surface area (Å²) in [6.07, 6.45) is -2.86. The number of nitriles is 1. The van der Waals surface area contributed by atoms with Crippen LogP contribution in [0.1, 0.15) is 29.8 Å². The number of hydrogen-bond acceptors (Lipinski definition) is 5. The van der Waals surface area contributed by atoms with Crippen LogP contribution in [0, 0.1) is 18.3 Å². The summed E-state index contributed by atoms with van der Waals surface area (Å²) in [7, 11) is 0. The van der Waals surface area contributed by atoms with Gasteiger partial charge in [-0.15, -0.1) is 0 Å². The normalized spacial score (nSPS) is 14.5. The minimum atomic E-state index is -5.08. The van der Waals surface area contributed by atoms with Crippen molar-refractivity contribution >= 4 is 22.7 Å². The summed E-state index contributed by atoms with van der Waals surface area (Å²) in [5.74, 6) is -1.75. The van der Waals surface area contributed by atoms with Crippen LogP contribution in [0.15, 0.2) is 42.5 Å². The summed E-state index contributed by atoms with van der Waals surface area (Å²) < 4.78 is 31.7. The van der Waals surface area contributed by atoms with Crippen molar-refractivity contribution in [1.82, 2.24) is 15.3 Å². The predicted molar refractivity (Wildman–Crippen MR) is 118 cm³/mol. The van der Waals surface area contributed by atoms with E-state index in [0.717, 1.165) is 49.3 Å². The zero-order chi connectivity index (χ0) is 24.0. The Balaban J connectivity index is 0.000000383. The largest absolute Gasteiger partial charge is 0.490 e. The molecule has 0 radical (unpaired) electrons. The van der Waals surface area contributed by atoms with Crippen molar-refractivity contribution in [3.8, 4) is 6.07 Å². The maximum atomic E-state index is 10.6. The van der Waals surface area contributed by atoms with Gasteiger partial charge >= 0.3 is 12.1 Å². The number of fused-ring (bicyclic) bond motifs is 1. The molecule has 2 heterocycles. The zero-order valence-corrected chi connectivity index (χ0v) is 18.0. The molecule has 3 N–H and O–H groups in total. The number of nitrogens with zero attached hydrogens (tertiary/aromatic N) is 3. The van der Waals surface area contributed by atoms with Crippen molar-refractivity contribution in [3.05, 3.63) is 59.4 Å². The SMILES string of the molecule is Cc1cccc2[nH]c(CNC3CCN(c4ccc(C#N)cc4)CC3)nc12.O=C(O)C(F)(F)F. The number of alkyl halides is 3. The van der Waals surface area contributed by atoms with E-state index in [9.17, 15) is 13.2 Å². The second-order valence-electron chi connectivity index (χ2n) is 7.76. The molecule has 0 atom stereocenters. The molecule has 1 saturated heterocycles. The summed E-state index contributed by atoms with van der Waals surface area (Å²) >= 11 is 0. The van der Waals surface area contributed by atoms with Gasteiger partial charge in [-0.2, -0.15) is 18.4 Å². The molecule has 0 saturated carbocycles. The first kappa shape index (κ1) is 24.1. The topological polar surface area (TPSA) is 105 Å². The van der Waals surface area contributed by atoms with Crippen molar-refractivity contribution in [2.45, 2.75) is 38.5 Å². The number of imidazole rings is 1. The third-order valence-electron chi connectivity index (χ3n) is 5.42. The molecule has 2 aromatic carbocycles. The van der Waals surface area contributed by atoms with Gasteiger partial charge in [-0.3, -0.25) is 0 Å². The highest BCUT2D eigenvalue weighted by Crippen LogP contribution is 2.21. The zero-order valence-electron chi connectivity index (χ0n) is 18.0. The molecule has 174 valence electrons. The van der Waals surface area contributed by atoms with Gasteiger partial charge in [-0.1, -0.05) is 12.1 Å². The first-order valence-corrected chi connectivity index (χ1v) is 10.4. The third kappa shape index (κ3) is 6.46. The number of anilines is 1. The second kappa shape index (κ2) is 10.4. The molecule has 1 aliphatic rings. The second-order valence-corrected chi connectivity index (χ2v) is 7.76. The van der Waals surface area contributed by atoms with E-state index in [1.165, 1.54) is 11.3 Å². The molecule has 4 rings (SSSR count). The van der Waals surface area contributed by atoms with E-state index in [1.54, 1.807) is 0 Å². The lowest BCUT2D eigenvalue weighted by Crippen LogP contribution is -2.42. The molecule has 1 aromatic heterocycles. The van der Waals surface area contributed by atoms with E-state index in [2.05, 4.69) is 46.4 Å². The van der Waals surface area contributed by atoms with Crippen molar-refractivity contribution in [3.63, 3.8) is 0 Å². The van der Waals surface area contributed by atoms with E-state index in [1.807, 2.05) is 24.3 Å². The summed E-state index contributed by atoms with van der Waals surface area (Å²) in [6, 6.07) is 16.8. The van der Waals surface area contributed by atoms with Crippen molar-refractivity contribution < 1.29 is 23.1 Å². The van der Waals surface area contributed by atoms with Crippen LogP contribution < -0.4 is 10.2 Å². The quantitative estimate of drug-likeness (QED) is 0.542. The summed E-state index contributed by atoms with van der Waals surface area (Å²) in [5.41, 5.74) is 5.31. The lowest BCUT2D eigenvalue weighted by atomic mass is 10.0. The first-order chi connectivity index (χ1) is 15.7. The molecular weight excluding hydrogens is 435 g/mol. The van der Waals surface area contributed by atoms with Gasteiger partial charge in [-0.25, -0.2) is 9.78 Å². The van der Waals surface area contributed by atoms with E-state index in [0.29, 0.717) is 11.6 Å². The minimum Gasteiger partial charge on any atom is -0.475 e. The third-order valence-corrected chi connectivity index (χ3v) is 5.42. The standard InChI is InChI=1S/C21H23N5.C2HF3O2/c1-15-3-2-4-19-21(15)25-20(24-19)14-23-17-9-11-26(12-10-17)18-7-5-16(13-22)6-8-18;3-2(4,5)1(6)7/h2-8,17,23H,9-12,14H2,1H3,(H,24,25);(H,6,7). The number of aromatic amines is 1. The van der Waals surface area contributed by atoms with E-state index >= 15 is 0 Å². The number of aromatic nitrogens is 2. The van der Waals surface area contributed by atoms with Crippen LogP contribution in [0.2, 0.25) is 0 Å².